The van der Waals surface area contributed by atoms with Crippen LogP contribution in [0.5, 0.6) is 0 Å². The summed E-state index contributed by atoms with van der Waals surface area (Å²) in [7, 11) is 2.13. The van der Waals surface area contributed by atoms with Crippen molar-refractivity contribution in [2.45, 2.75) is 26.3 Å². The summed E-state index contributed by atoms with van der Waals surface area (Å²) >= 11 is 0. The molecule has 0 unspecified atom stereocenters. The van der Waals surface area contributed by atoms with Gasteiger partial charge in [0.2, 0.25) is 0 Å². The van der Waals surface area contributed by atoms with Crippen molar-refractivity contribution in [3.63, 3.8) is 0 Å². The zero-order valence-corrected chi connectivity index (χ0v) is 10.3. The van der Waals surface area contributed by atoms with Crippen LogP contribution in [0.2, 0.25) is 0 Å². The highest BCUT2D eigenvalue weighted by Gasteiger charge is 2.02. The van der Waals surface area contributed by atoms with Gasteiger partial charge in [0.1, 0.15) is 18.0 Å². The molecule has 1 aromatic rings. The lowest BCUT2D eigenvalue weighted by Gasteiger charge is -2.20. The fourth-order valence-electron chi connectivity index (χ4n) is 1.27. The van der Waals surface area contributed by atoms with Crippen LogP contribution in [0.3, 0.4) is 0 Å². The molecule has 0 radical (unpaired) electrons. The Kier molecular flexibility index (Phi) is 4.98. The van der Waals surface area contributed by atoms with Crippen molar-refractivity contribution < 1.29 is 0 Å². The normalized spacial score (nSPS) is 11.1. The molecule has 0 amide bonds. The lowest BCUT2D eigenvalue weighted by atomic mass is 10.3. The van der Waals surface area contributed by atoms with Gasteiger partial charge in [0.15, 0.2) is 0 Å². The zero-order chi connectivity index (χ0) is 12.0. The van der Waals surface area contributed by atoms with Crippen molar-refractivity contribution in [1.82, 2.24) is 14.9 Å². The number of hydrogen-bond acceptors (Lipinski definition) is 5. The van der Waals surface area contributed by atoms with Crippen LogP contribution in [0.4, 0.5) is 11.6 Å². The average molecular weight is 223 g/mol. The number of hydrogen-bond donors (Lipinski definition) is 2. The van der Waals surface area contributed by atoms with E-state index in [0.29, 0.717) is 11.9 Å². The number of nitrogens with one attached hydrogen (secondary N) is 1. The first-order valence-electron chi connectivity index (χ1n) is 5.61. The Bertz CT molecular complexity index is 313. The Morgan fingerprint density at radius 3 is 2.81 bits per heavy atom. The molecular weight excluding hydrogens is 202 g/mol. The summed E-state index contributed by atoms with van der Waals surface area (Å²) in [4.78, 5) is 10.2. The zero-order valence-electron chi connectivity index (χ0n) is 10.3. The molecule has 0 fully saturated rings. The van der Waals surface area contributed by atoms with Crippen LogP contribution < -0.4 is 11.1 Å². The van der Waals surface area contributed by atoms with Crippen LogP contribution in [0.25, 0.3) is 0 Å². The summed E-state index contributed by atoms with van der Waals surface area (Å²) in [5.41, 5.74) is 5.55. The minimum atomic E-state index is 0.497. The lowest BCUT2D eigenvalue weighted by molar-refractivity contribution is 0.273. The van der Waals surface area contributed by atoms with Gasteiger partial charge in [0.25, 0.3) is 0 Å². The Balaban J connectivity index is 2.21. The largest absolute Gasteiger partial charge is 0.384 e. The first-order valence-corrected chi connectivity index (χ1v) is 5.61. The number of nitrogens with two attached hydrogens (primary N) is 1. The number of nitrogen functional groups attached to an aromatic ring is 1. The highest BCUT2D eigenvalue weighted by molar-refractivity contribution is 5.42. The van der Waals surface area contributed by atoms with Gasteiger partial charge in [-0.2, -0.15) is 0 Å². The molecule has 3 N–H and O–H groups in total. The molecule has 16 heavy (non-hydrogen) atoms. The monoisotopic (exact) mass is 223 g/mol. The standard InChI is InChI=1S/C11H21N5/c1-9(2)16(3)6-4-5-13-11-7-10(12)14-8-15-11/h7-9H,4-6H2,1-3H3,(H3,12,13,14,15). The third-order valence-electron chi connectivity index (χ3n) is 2.56. The first-order chi connectivity index (χ1) is 7.59. The summed E-state index contributed by atoms with van der Waals surface area (Å²) in [5.74, 6) is 1.29. The highest BCUT2D eigenvalue weighted by Crippen LogP contribution is 2.04. The molecule has 0 saturated carbocycles. The van der Waals surface area contributed by atoms with E-state index in [1.807, 2.05) is 0 Å². The van der Waals surface area contributed by atoms with Crippen LogP contribution >= 0.6 is 0 Å². The van der Waals surface area contributed by atoms with Gasteiger partial charge in [-0.25, -0.2) is 9.97 Å². The Labute approximate surface area is 97.1 Å². The second kappa shape index (κ2) is 6.27. The second-order valence-corrected chi connectivity index (χ2v) is 4.18. The van der Waals surface area contributed by atoms with Gasteiger partial charge in [-0.3, -0.25) is 0 Å². The molecule has 0 spiro atoms. The fourth-order valence-corrected chi connectivity index (χ4v) is 1.27. The maximum atomic E-state index is 5.55. The van der Waals surface area contributed by atoms with Crippen LogP contribution in [-0.4, -0.2) is 41.0 Å². The molecule has 0 bridgehead atoms. The van der Waals surface area contributed by atoms with E-state index >= 15 is 0 Å². The van der Waals surface area contributed by atoms with Crippen molar-refractivity contribution >= 4 is 11.6 Å². The van der Waals surface area contributed by atoms with E-state index in [1.165, 1.54) is 6.33 Å². The molecule has 1 heterocycles. The minimum absolute atomic E-state index is 0.497. The number of anilines is 2. The van der Waals surface area contributed by atoms with Gasteiger partial charge in [0, 0.05) is 18.7 Å². The third-order valence-corrected chi connectivity index (χ3v) is 2.56. The second-order valence-electron chi connectivity index (χ2n) is 4.18. The van der Waals surface area contributed by atoms with Crippen LogP contribution in [-0.2, 0) is 0 Å². The number of aromatic nitrogens is 2. The van der Waals surface area contributed by atoms with Gasteiger partial charge >= 0.3 is 0 Å². The Morgan fingerprint density at radius 1 is 1.44 bits per heavy atom. The van der Waals surface area contributed by atoms with Crippen molar-refractivity contribution in [1.29, 1.82) is 0 Å². The van der Waals surface area contributed by atoms with E-state index in [2.05, 4.69) is 41.1 Å². The van der Waals surface area contributed by atoms with E-state index < -0.39 is 0 Å². The summed E-state index contributed by atoms with van der Waals surface area (Å²) in [6, 6.07) is 2.33. The summed E-state index contributed by atoms with van der Waals surface area (Å²) in [6.07, 6.45) is 2.55. The Hall–Kier alpha value is -1.36. The van der Waals surface area contributed by atoms with Crippen molar-refractivity contribution in [2.75, 3.05) is 31.2 Å². The Morgan fingerprint density at radius 2 is 2.19 bits per heavy atom. The van der Waals surface area contributed by atoms with E-state index in [4.69, 9.17) is 5.73 Å². The smallest absolute Gasteiger partial charge is 0.131 e. The van der Waals surface area contributed by atoms with Gasteiger partial charge in [0.05, 0.1) is 0 Å². The number of rotatable bonds is 6. The maximum absolute atomic E-state index is 5.55. The molecule has 0 aliphatic rings. The predicted octanol–water partition coefficient (Wildman–Crippen LogP) is 1.20. The third kappa shape index (κ3) is 4.44. The molecule has 5 nitrogen and oxygen atoms in total. The topological polar surface area (TPSA) is 67.1 Å². The number of nitrogens with zero attached hydrogens (tertiary/aromatic N) is 3. The molecule has 0 aliphatic carbocycles. The van der Waals surface area contributed by atoms with E-state index in [9.17, 15) is 0 Å². The van der Waals surface area contributed by atoms with Crippen molar-refractivity contribution in [3.05, 3.63) is 12.4 Å². The summed E-state index contributed by atoms with van der Waals surface area (Å²) in [5, 5.41) is 3.22. The van der Waals surface area contributed by atoms with E-state index in [1.54, 1.807) is 6.07 Å². The fraction of sp³-hybridized carbons (Fsp3) is 0.636. The average Bonchev–Trinajstić information content (AvgIpc) is 2.24. The van der Waals surface area contributed by atoms with E-state index in [-0.39, 0.29) is 0 Å². The molecule has 90 valence electrons. The highest BCUT2D eigenvalue weighted by atomic mass is 15.1. The molecule has 0 aromatic carbocycles. The summed E-state index contributed by atoms with van der Waals surface area (Å²) in [6.45, 7) is 6.36. The van der Waals surface area contributed by atoms with Gasteiger partial charge in [-0.15, -0.1) is 0 Å². The summed E-state index contributed by atoms with van der Waals surface area (Å²) < 4.78 is 0. The predicted molar refractivity (Wildman–Crippen MR) is 67.3 cm³/mol. The van der Waals surface area contributed by atoms with Gasteiger partial charge < -0.3 is 16.0 Å². The van der Waals surface area contributed by atoms with Gasteiger partial charge in [-0.1, -0.05) is 0 Å². The van der Waals surface area contributed by atoms with Crippen LogP contribution in [0.1, 0.15) is 20.3 Å². The van der Waals surface area contributed by atoms with Crippen LogP contribution in [0.15, 0.2) is 12.4 Å². The molecule has 1 rings (SSSR count). The van der Waals surface area contributed by atoms with Crippen molar-refractivity contribution in [2.24, 2.45) is 0 Å². The SMILES string of the molecule is CC(C)N(C)CCCNc1cc(N)ncn1. The maximum Gasteiger partial charge on any atom is 0.131 e. The van der Waals surface area contributed by atoms with Crippen molar-refractivity contribution in [3.8, 4) is 0 Å². The molecule has 1 aromatic heterocycles. The van der Waals surface area contributed by atoms with Crippen LogP contribution in [0, 0.1) is 0 Å². The minimum Gasteiger partial charge on any atom is -0.384 e. The molecule has 0 aliphatic heterocycles. The molecule has 5 heteroatoms. The molecule has 0 atom stereocenters. The lowest BCUT2D eigenvalue weighted by Crippen LogP contribution is -2.28. The molecule has 0 saturated heterocycles. The first kappa shape index (κ1) is 12.7. The van der Waals surface area contributed by atoms with E-state index in [0.717, 1.165) is 25.3 Å². The quantitative estimate of drug-likeness (QED) is 0.709. The van der Waals surface area contributed by atoms with Gasteiger partial charge in [-0.05, 0) is 33.9 Å². The molecular formula is C11H21N5.